The Kier molecular flexibility index (Phi) is 4.99. The Balaban J connectivity index is 2.42. The van der Waals surface area contributed by atoms with E-state index < -0.39 is 0 Å². The fraction of sp³-hybridized carbons (Fsp3) is 0.231. The summed E-state index contributed by atoms with van der Waals surface area (Å²) < 4.78 is 5.23. The van der Waals surface area contributed by atoms with Crippen LogP contribution in [-0.4, -0.2) is 16.6 Å². The molecule has 0 aliphatic rings. The summed E-state index contributed by atoms with van der Waals surface area (Å²) in [5.41, 5.74) is 1.36. The van der Waals surface area contributed by atoms with Gasteiger partial charge in [-0.2, -0.15) is 0 Å². The van der Waals surface area contributed by atoms with E-state index in [1.165, 1.54) is 0 Å². The van der Waals surface area contributed by atoms with Gasteiger partial charge >= 0.3 is 0 Å². The number of hydrogen-bond donors (Lipinski definition) is 0. The molecule has 0 spiro atoms. The number of aromatic nitrogens is 2. The Labute approximate surface area is 126 Å². The zero-order chi connectivity index (χ0) is 13.8. The van der Waals surface area contributed by atoms with Gasteiger partial charge in [0.05, 0.1) is 5.56 Å². The summed E-state index contributed by atoms with van der Waals surface area (Å²) in [5, 5.41) is 1.18. The Morgan fingerprint density at radius 1 is 1.11 bits per heavy atom. The molecule has 0 fully saturated rings. The second-order valence-corrected chi connectivity index (χ2v) is 4.90. The number of rotatable bonds is 4. The number of hydrogen-bond acceptors (Lipinski definition) is 3. The van der Waals surface area contributed by atoms with E-state index in [0.717, 1.165) is 5.56 Å². The van der Waals surface area contributed by atoms with Crippen LogP contribution < -0.4 is 0 Å². The molecular weight excluding hydrogens is 307 g/mol. The van der Waals surface area contributed by atoms with Crippen molar-refractivity contribution in [1.29, 1.82) is 0 Å². The fourth-order valence-electron chi connectivity index (χ4n) is 1.59. The van der Waals surface area contributed by atoms with Gasteiger partial charge in [0, 0.05) is 11.6 Å². The molecule has 0 aliphatic carbocycles. The van der Waals surface area contributed by atoms with Crippen molar-refractivity contribution in [3.63, 3.8) is 0 Å². The lowest BCUT2D eigenvalue weighted by Crippen LogP contribution is -2.01. The molecular formula is C13H11Cl3N2O. The van der Waals surface area contributed by atoms with Crippen molar-refractivity contribution in [1.82, 2.24) is 9.97 Å². The van der Waals surface area contributed by atoms with Crippen LogP contribution in [0.1, 0.15) is 12.7 Å². The van der Waals surface area contributed by atoms with Crippen molar-refractivity contribution >= 4 is 34.8 Å². The Morgan fingerprint density at radius 3 is 2.37 bits per heavy atom. The van der Waals surface area contributed by atoms with E-state index in [4.69, 9.17) is 39.5 Å². The van der Waals surface area contributed by atoms with Crippen LogP contribution >= 0.6 is 34.8 Å². The molecule has 6 heteroatoms. The van der Waals surface area contributed by atoms with Crippen LogP contribution in [0.2, 0.25) is 15.3 Å². The van der Waals surface area contributed by atoms with Gasteiger partial charge < -0.3 is 4.74 Å². The van der Waals surface area contributed by atoms with Crippen molar-refractivity contribution in [2.24, 2.45) is 0 Å². The summed E-state index contributed by atoms with van der Waals surface area (Å²) in [6, 6.07) is 7.21. The average molecular weight is 318 g/mol. The summed E-state index contributed by atoms with van der Waals surface area (Å²) in [6.45, 7) is 2.75. The van der Waals surface area contributed by atoms with Crippen molar-refractivity contribution < 1.29 is 4.74 Å². The lowest BCUT2D eigenvalue weighted by Gasteiger charge is -2.08. The number of nitrogens with zero attached hydrogens (tertiary/aromatic N) is 2. The van der Waals surface area contributed by atoms with E-state index in [9.17, 15) is 0 Å². The van der Waals surface area contributed by atoms with E-state index in [-0.39, 0.29) is 16.9 Å². The van der Waals surface area contributed by atoms with Crippen LogP contribution in [-0.2, 0) is 11.3 Å². The molecule has 100 valence electrons. The van der Waals surface area contributed by atoms with Gasteiger partial charge in [-0.1, -0.05) is 46.9 Å². The lowest BCUT2D eigenvalue weighted by atomic mass is 10.1. The van der Waals surface area contributed by atoms with E-state index >= 15 is 0 Å². The van der Waals surface area contributed by atoms with Gasteiger partial charge in [0.25, 0.3) is 0 Å². The molecule has 0 unspecified atom stereocenters. The van der Waals surface area contributed by atoms with Gasteiger partial charge in [-0.3, -0.25) is 0 Å². The standard InChI is InChI=1S/C13H11Cl3N2O/c1-2-19-7-10-17-12(15)11(13(16)18-10)8-4-3-5-9(14)6-8/h3-6H,2,7H2,1H3. The molecule has 1 aromatic carbocycles. The zero-order valence-corrected chi connectivity index (χ0v) is 12.4. The van der Waals surface area contributed by atoms with Crippen molar-refractivity contribution in [2.45, 2.75) is 13.5 Å². The quantitative estimate of drug-likeness (QED) is 0.771. The van der Waals surface area contributed by atoms with Crippen LogP contribution in [0.4, 0.5) is 0 Å². The minimum absolute atomic E-state index is 0.283. The first-order valence-electron chi connectivity index (χ1n) is 5.67. The summed E-state index contributed by atoms with van der Waals surface area (Å²) in [6.07, 6.45) is 0. The van der Waals surface area contributed by atoms with Gasteiger partial charge in [0.2, 0.25) is 0 Å². The van der Waals surface area contributed by atoms with Crippen LogP contribution in [0.15, 0.2) is 24.3 Å². The summed E-state index contributed by atoms with van der Waals surface area (Å²) in [4.78, 5) is 8.36. The fourth-order valence-corrected chi connectivity index (χ4v) is 2.42. The largest absolute Gasteiger partial charge is 0.374 e. The molecule has 3 nitrogen and oxygen atoms in total. The highest BCUT2D eigenvalue weighted by Gasteiger charge is 2.14. The molecule has 0 saturated carbocycles. The van der Waals surface area contributed by atoms with Gasteiger partial charge in [-0.25, -0.2) is 9.97 Å². The molecule has 2 aromatic rings. The molecule has 0 radical (unpaired) electrons. The molecule has 0 aliphatic heterocycles. The van der Waals surface area contributed by atoms with Crippen LogP contribution in [0, 0.1) is 0 Å². The van der Waals surface area contributed by atoms with Crippen LogP contribution in [0.3, 0.4) is 0 Å². The van der Waals surface area contributed by atoms with Gasteiger partial charge in [0.1, 0.15) is 16.9 Å². The maximum Gasteiger partial charge on any atom is 0.157 e. The first kappa shape index (κ1) is 14.5. The highest BCUT2D eigenvalue weighted by Crippen LogP contribution is 2.33. The van der Waals surface area contributed by atoms with Crippen LogP contribution in [0.5, 0.6) is 0 Å². The average Bonchev–Trinajstić information content (AvgIpc) is 2.35. The Morgan fingerprint density at radius 2 is 1.79 bits per heavy atom. The topological polar surface area (TPSA) is 35.0 Å². The lowest BCUT2D eigenvalue weighted by molar-refractivity contribution is 0.128. The Hall–Kier alpha value is -0.870. The first-order valence-corrected chi connectivity index (χ1v) is 6.80. The van der Waals surface area contributed by atoms with E-state index in [1.807, 2.05) is 19.1 Å². The first-order chi connectivity index (χ1) is 9.11. The molecule has 19 heavy (non-hydrogen) atoms. The maximum absolute atomic E-state index is 6.17. The van der Waals surface area contributed by atoms with Crippen molar-refractivity contribution in [3.05, 3.63) is 45.4 Å². The van der Waals surface area contributed by atoms with Gasteiger partial charge in [-0.05, 0) is 24.6 Å². The SMILES string of the molecule is CCOCc1nc(Cl)c(-c2cccc(Cl)c2)c(Cl)n1. The maximum atomic E-state index is 6.17. The monoisotopic (exact) mass is 316 g/mol. The molecule has 2 rings (SSSR count). The van der Waals surface area contributed by atoms with Gasteiger partial charge in [0.15, 0.2) is 5.82 Å². The van der Waals surface area contributed by atoms with Crippen LogP contribution in [0.25, 0.3) is 11.1 Å². The smallest absolute Gasteiger partial charge is 0.157 e. The third kappa shape index (κ3) is 3.57. The van der Waals surface area contributed by atoms with E-state index in [2.05, 4.69) is 9.97 Å². The third-order valence-electron chi connectivity index (χ3n) is 2.42. The molecule has 1 heterocycles. The summed E-state index contributed by atoms with van der Waals surface area (Å²) in [5.74, 6) is 0.461. The number of ether oxygens (including phenoxy) is 1. The molecule has 1 aromatic heterocycles. The predicted octanol–water partition coefficient (Wildman–Crippen LogP) is 4.64. The third-order valence-corrected chi connectivity index (χ3v) is 3.20. The minimum Gasteiger partial charge on any atom is -0.374 e. The second kappa shape index (κ2) is 6.53. The number of benzene rings is 1. The normalized spacial score (nSPS) is 10.7. The molecule has 0 saturated heterocycles. The molecule has 0 N–H and O–H groups in total. The minimum atomic E-state index is 0.283. The highest BCUT2D eigenvalue weighted by molar-refractivity contribution is 6.38. The second-order valence-electron chi connectivity index (χ2n) is 3.74. The van der Waals surface area contributed by atoms with Crippen molar-refractivity contribution in [2.75, 3.05) is 6.61 Å². The molecule has 0 bridgehead atoms. The number of halogens is 3. The summed E-state index contributed by atoms with van der Waals surface area (Å²) in [7, 11) is 0. The van der Waals surface area contributed by atoms with E-state index in [1.54, 1.807) is 12.1 Å². The zero-order valence-electron chi connectivity index (χ0n) is 10.2. The molecule has 0 amide bonds. The Bertz CT molecular complexity index is 567. The molecule has 0 atom stereocenters. The highest BCUT2D eigenvalue weighted by atomic mass is 35.5. The van der Waals surface area contributed by atoms with Crippen molar-refractivity contribution in [3.8, 4) is 11.1 Å². The van der Waals surface area contributed by atoms with Gasteiger partial charge in [-0.15, -0.1) is 0 Å². The summed E-state index contributed by atoms with van der Waals surface area (Å²) >= 11 is 18.3. The van der Waals surface area contributed by atoms with E-state index in [0.29, 0.717) is 23.0 Å². The predicted molar refractivity (Wildman–Crippen MR) is 77.8 cm³/mol.